The first kappa shape index (κ1) is 28.4. The van der Waals surface area contributed by atoms with Gasteiger partial charge in [-0.3, -0.25) is 28.9 Å². The average Bonchev–Trinajstić information content (AvgIpc) is 2.96. The zero-order valence-corrected chi connectivity index (χ0v) is 21.3. The zero-order chi connectivity index (χ0) is 28.1. The van der Waals surface area contributed by atoms with Crippen LogP contribution in [0, 0.1) is 0 Å². The van der Waals surface area contributed by atoms with Crippen LogP contribution in [0.2, 0.25) is 10.0 Å². The third-order valence-corrected chi connectivity index (χ3v) is 6.14. The van der Waals surface area contributed by atoms with E-state index in [1.165, 1.54) is 17.9 Å². The summed E-state index contributed by atoms with van der Waals surface area (Å²) in [5.41, 5.74) is 0.385. The van der Waals surface area contributed by atoms with Gasteiger partial charge in [-0.15, -0.1) is 0 Å². The van der Waals surface area contributed by atoms with Crippen molar-refractivity contribution in [3.63, 3.8) is 0 Å². The van der Waals surface area contributed by atoms with Gasteiger partial charge in [0.1, 0.15) is 18.9 Å². The van der Waals surface area contributed by atoms with Crippen LogP contribution in [0.5, 0.6) is 5.75 Å². The molecule has 1 unspecified atom stereocenters. The fraction of sp³-hybridized carbons (Fsp3) is 0.250. The molecule has 4 amide bonds. The van der Waals surface area contributed by atoms with E-state index in [0.29, 0.717) is 0 Å². The molecule has 1 aliphatic heterocycles. The molecule has 0 radical (unpaired) electrons. The Morgan fingerprint density at radius 1 is 1.13 bits per heavy atom. The number of hydrogen-bond donors (Lipinski definition) is 4. The van der Waals surface area contributed by atoms with Gasteiger partial charge in [0.15, 0.2) is 5.75 Å². The van der Waals surface area contributed by atoms with E-state index in [-0.39, 0.29) is 39.8 Å². The monoisotopic (exact) mass is 564 g/mol. The number of carboxylic acids is 1. The van der Waals surface area contributed by atoms with Gasteiger partial charge in [0, 0.05) is 12.5 Å². The number of aromatic hydroxyl groups is 1. The molecule has 1 aliphatic rings. The molecule has 1 heterocycles. The molecule has 2 atom stereocenters. The normalized spacial score (nSPS) is 15.7. The highest BCUT2D eigenvalue weighted by molar-refractivity contribution is 6.37. The van der Waals surface area contributed by atoms with Crippen molar-refractivity contribution in [3.8, 4) is 5.75 Å². The smallest absolute Gasteiger partial charge is 0.305 e. The van der Waals surface area contributed by atoms with Crippen molar-refractivity contribution in [3.05, 3.63) is 52.0 Å². The number of fused-ring (bicyclic) bond motifs is 1. The number of amides is 4. The first-order valence-electron chi connectivity index (χ1n) is 11.1. The second-order valence-corrected chi connectivity index (χ2v) is 9.08. The van der Waals surface area contributed by atoms with Crippen molar-refractivity contribution >= 4 is 70.5 Å². The topological polar surface area (TPSA) is 173 Å². The first-order chi connectivity index (χ1) is 17.9. The Hall–Kier alpha value is -4.16. The lowest BCUT2D eigenvalue weighted by Gasteiger charge is -2.25. The molecule has 0 aromatic heterocycles. The zero-order valence-electron chi connectivity index (χ0n) is 19.8. The van der Waals surface area contributed by atoms with Gasteiger partial charge < -0.3 is 30.5 Å². The van der Waals surface area contributed by atoms with Gasteiger partial charge in [-0.05, 0) is 24.3 Å². The molecule has 0 fully saturated rings. The number of aliphatic carboxylic acids is 1. The van der Waals surface area contributed by atoms with Crippen LogP contribution in [-0.4, -0.2) is 71.3 Å². The predicted octanol–water partition coefficient (Wildman–Crippen LogP) is 1.36. The summed E-state index contributed by atoms with van der Waals surface area (Å²) in [5.74, 6) is -4.59. The van der Waals surface area contributed by atoms with Gasteiger partial charge in [0.05, 0.1) is 40.4 Å². The molecule has 0 bridgehead atoms. The highest BCUT2D eigenvalue weighted by Crippen LogP contribution is 2.34. The minimum absolute atomic E-state index is 0.0754. The van der Waals surface area contributed by atoms with E-state index in [1.54, 1.807) is 18.2 Å². The van der Waals surface area contributed by atoms with E-state index in [0.717, 1.165) is 17.0 Å². The highest BCUT2D eigenvalue weighted by atomic mass is 35.5. The average molecular weight is 565 g/mol. The molecule has 2 aromatic rings. The van der Waals surface area contributed by atoms with E-state index >= 15 is 0 Å². The summed E-state index contributed by atoms with van der Waals surface area (Å²) < 4.78 is 0. The Morgan fingerprint density at radius 3 is 2.29 bits per heavy atom. The standard InChI is InChI=1S/C24H22Cl2N4O8/c1-12(32)29-9-17(28-23(37)13-6-15(25)22(36)16(26)7-13)24(38)30(19-5-3-2-4-18(19)29)10-20(33)27-14(11-31)8-21(34)35/h2-7,11,14,17,36H,8-10H2,1H3,(H,27,33)(H,28,37)(H,34,35)/t14-,17?/m0/s1. The highest BCUT2D eigenvalue weighted by Gasteiger charge is 2.37. The number of phenols is 1. The van der Waals surface area contributed by atoms with Gasteiger partial charge in [-0.25, -0.2) is 0 Å². The molecule has 0 saturated carbocycles. The van der Waals surface area contributed by atoms with Crippen molar-refractivity contribution < 1.29 is 39.0 Å². The maximum Gasteiger partial charge on any atom is 0.305 e. The van der Waals surface area contributed by atoms with Gasteiger partial charge >= 0.3 is 5.97 Å². The first-order valence-corrected chi connectivity index (χ1v) is 11.8. The van der Waals surface area contributed by atoms with Crippen molar-refractivity contribution in [1.29, 1.82) is 0 Å². The second-order valence-electron chi connectivity index (χ2n) is 8.27. The Balaban J connectivity index is 1.96. The van der Waals surface area contributed by atoms with Crippen LogP contribution >= 0.6 is 23.2 Å². The van der Waals surface area contributed by atoms with Gasteiger partial charge in [-0.1, -0.05) is 35.3 Å². The minimum atomic E-state index is -1.35. The predicted molar refractivity (Wildman–Crippen MR) is 136 cm³/mol. The van der Waals surface area contributed by atoms with Crippen molar-refractivity contribution in [2.45, 2.75) is 25.4 Å². The van der Waals surface area contributed by atoms with Gasteiger partial charge in [0.2, 0.25) is 11.8 Å². The molecule has 0 saturated heterocycles. The molecular formula is C24H22Cl2N4O8. The number of carboxylic acid groups (broad SMARTS) is 1. The number of carbonyl (C=O) groups excluding carboxylic acids is 5. The van der Waals surface area contributed by atoms with Crippen LogP contribution in [0.1, 0.15) is 23.7 Å². The van der Waals surface area contributed by atoms with E-state index in [2.05, 4.69) is 10.6 Å². The molecule has 12 nitrogen and oxygen atoms in total. The van der Waals surface area contributed by atoms with E-state index < -0.39 is 60.4 Å². The fourth-order valence-corrected chi connectivity index (χ4v) is 4.30. The summed E-state index contributed by atoms with van der Waals surface area (Å²) >= 11 is 11.8. The van der Waals surface area contributed by atoms with Crippen LogP contribution < -0.4 is 20.4 Å². The van der Waals surface area contributed by atoms with Crippen molar-refractivity contribution in [1.82, 2.24) is 10.6 Å². The number of benzene rings is 2. The van der Waals surface area contributed by atoms with Crippen LogP contribution in [0.15, 0.2) is 36.4 Å². The second kappa shape index (κ2) is 11.9. The fourth-order valence-electron chi connectivity index (χ4n) is 3.81. The third-order valence-electron chi connectivity index (χ3n) is 5.56. The number of carbonyl (C=O) groups is 6. The largest absolute Gasteiger partial charge is 0.505 e. The molecule has 0 aliphatic carbocycles. The summed E-state index contributed by atoms with van der Waals surface area (Å²) in [5, 5.41) is 23.0. The number of hydrogen-bond acceptors (Lipinski definition) is 7. The van der Waals surface area contributed by atoms with Crippen molar-refractivity contribution in [2.75, 3.05) is 22.9 Å². The van der Waals surface area contributed by atoms with Crippen LogP contribution in [0.4, 0.5) is 11.4 Å². The number of aldehydes is 1. The van der Waals surface area contributed by atoms with Gasteiger partial charge in [0.25, 0.3) is 11.8 Å². The Morgan fingerprint density at radius 2 is 1.74 bits per heavy atom. The summed E-state index contributed by atoms with van der Waals surface area (Å²) in [4.78, 5) is 76.3. The van der Waals surface area contributed by atoms with Crippen molar-refractivity contribution in [2.24, 2.45) is 0 Å². The quantitative estimate of drug-likeness (QED) is 0.347. The molecular weight excluding hydrogens is 543 g/mol. The Labute approximate surface area is 226 Å². The number of anilines is 2. The van der Waals surface area contributed by atoms with Gasteiger partial charge in [-0.2, -0.15) is 0 Å². The number of nitrogens with zero attached hydrogens (tertiary/aromatic N) is 2. The summed E-state index contributed by atoms with van der Waals surface area (Å²) in [6.45, 7) is 0.335. The summed E-state index contributed by atoms with van der Waals surface area (Å²) in [6, 6.07) is 5.85. The lowest BCUT2D eigenvalue weighted by atomic mass is 10.1. The summed E-state index contributed by atoms with van der Waals surface area (Å²) in [7, 11) is 0. The number of phenolic OH excluding ortho intramolecular Hbond substituents is 1. The van der Waals surface area contributed by atoms with E-state index in [4.69, 9.17) is 28.3 Å². The Kier molecular flexibility index (Phi) is 8.92. The molecule has 38 heavy (non-hydrogen) atoms. The third kappa shape index (κ3) is 6.39. The summed E-state index contributed by atoms with van der Waals surface area (Å²) in [6.07, 6.45) is -0.396. The number of halogens is 2. The number of rotatable bonds is 8. The lowest BCUT2D eigenvalue weighted by Crippen LogP contribution is -2.54. The van der Waals surface area contributed by atoms with E-state index in [9.17, 15) is 33.9 Å². The van der Waals surface area contributed by atoms with Crippen LogP contribution in [-0.2, 0) is 24.0 Å². The maximum absolute atomic E-state index is 13.6. The lowest BCUT2D eigenvalue weighted by molar-refractivity contribution is -0.139. The molecule has 14 heteroatoms. The molecule has 4 N–H and O–H groups in total. The molecule has 2 aromatic carbocycles. The SMILES string of the molecule is CC(=O)N1CC(NC(=O)c2cc(Cl)c(O)c(Cl)c2)C(=O)N(CC(=O)N[C@H](C=O)CC(=O)O)c2ccccc21. The molecule has 200 valence electrons. The van der Waals surface area contributed by atoms with Crippen LogP contribution in [0.3, 0.4) is 0 Å². The Bertz CT molecular complexity index is 1300. The van der Waals surface area contributed by atoms with Crippen LogP contribution in [0.25, 0.3) is 0 Å². The molecule has 0 spiro atoms. The number of para-hydroxylation sites is 2. The maximum atomic E-state index is 13.6. The van der Waals surface area contributed by atoms with E-state index in [1.807, 2.05) is 0 Å². The minimum Gasteiger partial charge on any atom is -0.505 e. The number of nitrogens with one attached hydrogen (secondary N) is 2. The molecule has 3 rings (SSSR count).